The normalized spacial score (nSPS) is 22.0. The minimum absolute atomic E-state index is 0.371. The first kappa shape index (κ1) is 20.7. The SMILES string of the molecule is CC1=C(/C=C/C(C)=C/C=C/C(C)=C/C(=O)O)C(C)(C)C(C(=O)O)CC1. The van der Waals surface area contributed by atoms with Gasteiger partial charge in [0.1, 0.15) is 0 Å². The molecular formula is C21H28O4. The van der Waals surface area contributed by atoms with Crippen molar-refractivity contribution >= 4 is 11.9 Å². The number of hydrogen-bond donors (Lipinski definition) is 2. The molecule has 1 aliphatic rings. The van der Waals surface area contributed by atoms with E-state index in [1.165, 1.54) is 5.57 Å². The van der Waals surface area contributed by atoms with E-state index in [2.05, 4.69) is 6.92 Å². The summed E-state index contributed by atoms with van der Waals surface area (Å²) in [6, 6.07) is 0. The molecule has 4 nitrogen and oxygen atoms in total. The Morgan fingerprint density at radius 3 is 2.32 bits per heavy atom. The fourth-order valence-electron chi connectivity index (χ4n) is 3.25. The Kier molecular flexibility index (Phi) is 7.16. The molecule has 0 aromatic rings. The molecule has 0 spiro atoms. The second-order valence-corrected chi connectivity index (χ2v) is 7.17. The summed E-state index contributed by atoms with van der Waals surface area (Å²) in [6.07, 6.45) is 12.1. The molecule has 1 atom stereocenters. The van der Waals surface area contributed by atoms with Crippen LogP contribution in [0.2, 0.25) is 0 Å². The van der Waals surface area contributed by atoms with Crippen molar-refractivity contribution in [3.05, 3.63) is 58.7 Å². The van der Waals surface area contributed by atoms with E-state index in [9.17, 15) is 14.7 Å². The molecule has 0 heterocycles. The van der Waals surface area contributed by atoms with Gasteiger partial charge in [0, 0.05) is 11.5 Å². The van der Waals surface area contributed by atoms with Crippen LogP contribution in [0.5, 0.6) is 0 Å². The van der Waals surface area contributed by atoms with Gasteiger partial charge in [-0.1, -0.05) is 55.4 Å². The van der Waals surface area contributed by atoms with Crippen LogP contribution < -0.4 is 0 Å². The van der Waals surface area contributed by atoms with Crippen molar-refractivity contribution in [2.24, 2.45) is 11.3 Å². The Balaban J connectivity index is 2.95. The number of carboxylic acids is 2. The van der Waals surface area contributed by atoms with Crippen molar-refractivity contribution in [1.82, 2.24) is 0 Å². The van der Waals surface area contributed by atoms with Gasteiger partial charge in [0.05, 0.1) is 5.92 Å². The first-order valence-electron chi connectivity index (χ1n) is 8.43. The maximum atomic E-state index is 11.5. The van der Waals surface area contributed by atoms with Gasteiger partial charge in [-0.15, -0.1) is 0 Å². The summed E-state index contributed by atoms with van der Waals surface area (Å²) >= 11 is 0. The molecule has 4 heteroatoms. The number of carbonyl (C=O) groups is 2. The molecule has 1 unspecified atom stereocenters. The number of rotatable bonds is 6. The molecule has 0 amide bonds. The summed E-state index contributed by atoms with van der Waals surface area (Å²) in [6.45, 7) is 9.74. The predicted octanol–water partition coefficient (Wildman–Crippen LogP) is 4.91. The van der Waals surface area contributed by atoms with E-state index in [-0.39, 0.29) is 5.92 Å². The van der Waals surface area contributed by atoms with Crippen LogP contribution in [0.3, 0.4) is 0 Å². The third-order valence-corrected chi connectivity index (χ3v) is 4.71. The van der Waals surface area contributed by atoms with Gasteiger partial charge in [-0.2, -0.15) is 0 Å². The Bertz CT molecular complexity index is 685. The van der Waals surface area contributed by atoms with Crippen LogP contribution in [-0.2, 0) is 9.59 Å². The number of carboxylic acid groups (broad SMARTS) is 2. The summed E-state index contributed by atoms with van der Waals surface area (Å²) in [4.78, 5) is 22.1. The van der Waals surface area contributed by atoms with Gasteiger partial charge < -0.3 is 10.2 Å². The monoisotopic (exact) mass is 344 g/mol. The zero-order chi connectivity index (χ0) is 19.2. The van der Waals surface area contributed by atoms with E-state index in [1.807, 2.05) is 45.1 Å². The molecule has 0 fully saturated rings. The second kappa shape index (κ2) is 8.65. The smallest absolute Gasteiger partial charge is 0.328 e. The Morgan fingerprint density at radius 1 is 1.12 bits per heavy atom. The highest BCUT2D eigenvalue weighted by Gasteiger charge is 2.40. The number of aliphatic carboxylic acids is 2. The maximum Gasteiger partial charge on any atom is 0.328 e. The molecule has 136 valence electrons. The Morgan fingerprint density at radius 2 is 1.76 bits per heavy atom. The third-order valence-electron chi connectivity index (χ3n) is 4.71. The first-order chi connectivity index (χ1) is 11.6. The molecule has 0 aromatic heterocycles. The highest BCUT2D eigenvalue weighted by atomic mass is 16.4. The van der Waals surface area contributed by atoms with Crippen molar-refractivity contribution in [2.45, 2.75) is 47.5 Å². The molecule has 1 rings (SSSR count). The van der Waals surface area contributed by atoms with Crippen LogP contribution in [0.1, 0.15) is 47.5 Å². The molecular weight excluding hydrogens is 316 g/mol. The fourth-order valence-corrected chi connectivity index (χ4v) is 3.25. The van der Waals surface area contributed by atoms with E-state index in [0.29, 0.717) is 12.0 Å². The van der Waals surface area contributed by atoms with Gasteiger partial charge in [-0.3, -0.25) is 4.79 Å². The molecule has 1 aliphatic carbocycles. The first-order valence-corrected chi connectivity index (χ1v) is 8.43. The van der Waals surface area contributed by atoms with Gasteiger partial charge in [0.25, 0.3) is 0 Å². The third kappa shape index (κ3) is 5.89. The second-order valence-electron chi connectivity index (χ2n) is 7.17. The van der Waals surface area contributed by atoms with Crippen molar-refractivity contribution < 1.29 is 19.8 Å². The lowest BCUT2D eigenvalue weighted by atomic mass is 9.65. The van der Waals surface area contributed by atoms with Gasteiger partial charge in [0.2, 0.25) is 0 Å². The van der Waals surface area contributed by atoms with E-state index in [0.717, 1.165) is 23.6 Å². The van der Waals surface area contributed by atoms with Crippen LogP contribution in [-0.4, -0.2) is 22.2 Å². The lowest BCUT2D eigenvalue weighted by Gasteiger charge is -2.38. The maximum absolute atomic E-state index is 11.5. The average Bonchev–Trinajstić information content (AvgIpc) is 2.44. The molecule has 0 radical (unpaired) electrons. The molecule has 25 heavy (non-hydrogen) atoms. The lowest BCUT2D eigenvalue weighted by molar-refractivity contribution is -0.145. The highest BCUT2D eigenvalue weighted by molar-refractivity contribution is 5.81. The molecule has 0 aliphatic heterocycles. The molecule has 0 saturated carbocycles. The minimum Gasteiger partial charge on any atom is -0.481 e. The van der Waals surface area contributed by atoms with Crippen molar-refractivity contribution in [3.63, 3.8) is 0 Å². The zero-order valence-corrected chi connectivity index (χ0v) is 15.7. The summed E-state index contributed by atoms with van der Waals surface area (Å²) in [5.41, 5.74) is 3.60. The number of hydrogen-bond acceptors (Lipinski definition) is 2. The fraction of sp³-hybridized carbons (Fsp3) is 0.429. The largest absolute Gasteiger partial charge is 0.481 e. The van der Waals surface area contributed by atoms with E-state index < -0.39 is 17.4 Å². The van der Waals surface area contributed by atoms with Crippen molar-refractivity contribution in [2.75, 3.05) is 0 Å². The van der Waals surface area contributed by atoms with Crippen molar-refractivity contribution in [1.29, 1.82) is 0 Å². The van der Waals surface area contributed by atoms with E-state index >= 15 is 0 Å². The van der Waals surface area contributed by atoms with Crippen LogP contribution >= 0.6 is 0 Å². The zero-order valence-electron chi connectivity index (χ0n) is 15.7. The van der Waals surface area contributed by atoms with Crippen LogP contribution in [0.25, 0.3) is 0 Å². The van der Waals surface area contributed by atoms with E-state index in [1.54, 1.807) is 13.0 Å². The molecule has 0 bridgehead atoms. The average molecular weight is 344 g/mol. The summed E-state index contributed by atoms with van der Waals surface area (Å²) < 4.78 is 0. The van der Waals surface area contributed by atoms with Crippen LogP contribution in [0, 0.1) is 11.3 Å². The van der Waals surface area contributed by atoms with Crippen LogP contribution in [0.15, 0.2) is 58.7 Å². The Hall–Kier alpha value is -2.36. The highest BCUT2D eigenvalue weighted by Crippen LogP contribution is 2.45. The summed E-state index contributed by atoms with van der Waals surface area (Å²) in [7, 11) is 0. The quantitative estimate of drug-likeness (QED) is 0.530. The summed E-state index contributed by atoms with van der Waals surface area (Å²) in [5.74, 6) is -2.07. The van der Waals surface area contributed by atoms with Crippen LogP contribution in [0.4, 0.5) is 0 Å². The topological polar surface area (TPSA) is 74.6 Å². The van der Waals surface area contributed by atoms with Crippen molar-refractivity contribution in [3.8, 4) is 0 Å². The lowest BCUT2D eigenvalue weighted by Crippen LogP contribution is -2.35. The van der Waals surface area contributed by atoms with Gasteiger partial charge >= 0.3 is 11.9 Å². The number of allylic oxidation sites excluding steroid dienone is 9. The standard InChI is InChI=1S/C21H28O4/c1-14(7-6-8-15(2)13-19(22)23)9-11-17-16(3)10-12-18(20(24)25)21(17,4)5/h6-9,11,13,18H,10,12H2,1-5H3,(H,22,23)(H,24,25)/b8-6+,11-9+,14-7+,15-13+. The minimum atomic E-state index is -0.960. The predicted molar refractivity (Wildman–Crippen MR) is 100 cm³/mol. The molecule has 0 saturated heterocycles. The molecule has 2 N–H and O–H groups in total. The van der Waals surface area contributed by atoms with Gasteiger partial charge in [-0.25, -0.2) is 4.79 Å². The van der Waals surface area contributed by atoms with E-state index in [4.69, 9.17) is 5.11 Å². The Labute approximate surface area is 149 Å². The van der Waals surface area contributed by atoms with Gasteiger partial charge in [-0.05, 0) is 44.8 Å². The van der Waals surface area contributed by atoms with Gasteiger partial charge in [0.15, 0.2) is 0 Å². The molecule has 0 aromatic carbocycles. The summed E-state index contributed by atoms with van der Waals surface area (Å²) in [5, 5.41) is 18.1.